The average molecular weight is 424 g/mol. The Morgan fingerprint density at radius 3 is 2.31 bits per heavy atom. The molecule has 0 saturated heterocycles. The molecule has 1 atom stereocenters. The number of hydrogen-bond donors (Lipinski definition) is 1. The lowest BCUT2D eigenvalue weighted by Crippen LogP contribution is -2.36. The molecule has 1 unspecified atom stereocenters. The molecule has 0 amide bonds. The van der Waals surface area contributed by atoms with Crippen LogP contribution in [-0.2, 0) is 29.1 Å². The second-order valence-electron chi connectivity index (χ2n) is 7.08. The third-order valence-corrected chi connectivity index (χ3v) is 6.29. The van der Waals surface area contributed by atoms with E-state index >= 15 is 0 Å². The summed E-state index contributed by atoms with van der Waals surface area (Å²) in [5.41, 5.74) is 0.696. The van der Waals surface area contributed by atoms with Crippen molar-refractivity contribution in [1.82, 2.24) is 4.72 Å². The molecule has 1 aliphatic rings. The Hall–Kier alpha value is -2.19. The molecule has 1 aliphatic carbocycles. The van der Waals surface area contributed by atoms with Crippen molar-refractivity contribution >= 4 is 22.0 Å². The van der Waals surface area contributed by atoms with Gasteiger partial charge in [0.15, 0.2) is 0 Å². The summed E-state index contributed by atoms with van der Waals surface area (Å²) < 4.78 is 37.9. The van der Waals surface area contributed by atoms with Crippen LogP contribution in [0.15, 0.2) is 42.5 Å². The zero-order valence-electron chi connectivity index (χ0n) is 16.7. The number of hydrogen-bond acceptors (Lipinski definition) is 6. The SMILES string of the molecule is CCOC(=O)/C=C/C(=O)OCC(NS(=O)(=O)CC1CCCCC1)c1ccccc1. The first-order valence-corrected chi connectivity index (χ1v) is 11.6. The van der Waals surface area contributed by atoms with Gasteiger partial charge in [-0.3, -0.25) is 0 Å². The highest BCUT2D eigenvalue weighted by molar-refractivity contribution is 7.89. The predicted molar refractivity (Wildman–Crippen MR) is 109 cm³/mol. The molecule has 1 aromatic carbocycles. The Balaban J connectivity index is 2.00. The van der Waals surface area contributed by atoms with E-state index in [4.69, 9.17) is 9.47 Å². The lowest BCUT2D eigenvalue weighted by Gasteiger charge is -2.24. The Morgan fingerprint density at radius 2 is 1.69 bits per heavy atom. The van der Waals surface area contributed by atoms with Gasteiger partial charge in [0.05, 0.1) is 18.4 Å². The van der Waals surface area contributed by atoms with Crippen LogP contribution < -0.4 is 4.72 Å². The van der Waals surface area contributed by atoms with Crippen LogP contribution >= 0.6 is 0 Å². The van der Waals surface area contributed by atoms with Gasteiger partial charge in [-0.1, -0.05) is 49.6 Å². The highest BCUT2D eigenvalue weighted by atomic mass is 32.2. The van der Waals surface area contributed by atoms with Crippen LogP contribution in [0, 0.1) is 5.92 Å². The molecule has 1 fully saturated rings. The molecule has 2 rings (SSSR count). The molecule has 29 heavy (non-hydrogen) atoms. The van der Waals surface area contributed by atoms with E-state index in [0.29, 0.717) is 5.56 Å². The first-order valence-electron chi connectivity index (χ1n) is 9.96. The Bertz CT molecular complexity index is 785. The molecule has 160 valence electrons. The second kappa shape index (κ2) is 11.7. The van der Waals surface area contributed by atoms with Gasteiger partial charge < -0.3 is 9.47 Å². The van der Waals surface area contributed by atoms with Crippen molar-refractivity contribution in [3.05, 3.63) is 48.0 Å². The summed E-state index contributed by atoms with van der Waals surface area (Å²) in [6.07, 6.45) is 7.08. The number of rotatable bonds is 10. The zero-order valence-corrected chi connectivity index (χ0v) is 17.5. The van der Waals surface area contributed by atoms with Crippen molar-refractivity contribution in [2.45, 2.75) is 45.1 Å². The van der Waals surface area contributed by atoms with Crippen LogP contribution in [0.4, 0.5) is 0 Å². The maximum absolute atomic E-state index is 12.7. The molecule has 7 nitrogen and oxygen atoms in total. The summed E-state index contributed by atoms with van der Waals surface area (Å²) in [6.45, 7) is 1.69. The molecule has 1 saturated carbocycles. The van der Waals surface area contributed by atoms with E-state index < -0.39 is 28.0 Å². The van der Waals surface area contributed by atoms with Crippen molar-refractivity contribution in [2.24, 2.45) is 5.92 Å². The van der Waals surface area contributed by atoms with Gasteiger partial charge in [-0.2, -0.15) is 0 Å². The summed E-state index contributed by atoms with van der Waals surface area (Å²) in [6, 6.07) is 8.25. The third-order valence-electron chi connectivity index (χ3n) is 4.74. The summed E-state index contributed by atoms with van der Waals surface area (Å²) >= 11 is 0. The fourth-order valence-electron chi connectivity index (χ4n) is 3.35. The summed E-state index contributed by atoms with van der Waals surface area (Å²) in [5, 5.41) is 0. The quantitative estimate of drug-likeness (QED) is 0.459. The maximum Gasteiger partial charge on any atom is 0.331 e. The van der Waals surface area contributed by atoms with Crippen LogP contribution in [0.5, 0.6) is 0 Å². The lowest BCUT2D eigenvalue weighted by atomic mass is 9.91. The standard InChI is InChI=1S/C21H29NO6S/c1-2-27-20(23)13-14-21(24)28-15-19(18-11-7-4-8-12-18)22-29(25,26)16-17-9-5-3-6-10-17/h4,7-8,11-14,17,19,22H,2-3,5-6,9-10,15-16H2,1H3/b14-13+. The summed E-state index contributed by atoms with van der Waals surface area (Å²) in [7, 11) is -3.54. The minimum absolute atomic E-state index is 0.0764. The van der Waals surface area contributed by atoms with Gasteiger partial charge in [-0.05, 0) is 31.2 Å². The van der Waals surface area contributed by atoms with E-state index in [1.54, 1.807) is 31.2 Å². The molecule has 1 aromatic rings. The monoisotopic (exact) mass is 423 g/mol. The number of nitrogens with one attached hydrogen (secondary N) is 1. The zero-order chi connectivity index (χ0) is 21.1. The van der Waals surface area contributed by atoms with Crippen molar-refractivity contribution in [3.8, 4) is 0 Å². The number of carbonyl (C=O) groups is 2. The smallest absolute Gasteiger partial charge is 0.331 e. The fraction of sp³-hybridized carbons (Fsp3) is 0.524. The van der Waals surface area contributed by atoms with E-state index in [9.17, 15) is 18.0 Å². The second-order valence-corrected chi connectivity index (χ2v) is 8.88. The molecule has 0 heterocycles. The normalized spacial score (nSPS) is 16.4. The first kappa shape index (κ1) is 23.1. The van der Waals surface area contributed by atoms with Gasteiger partial charge in [0.1, 0.15) is 6.61 Å². The molecule has 0 bridgehead atoms. The Kier molecular flexibility index (Phi) is 9.34. The van der Waals surface area contributed by atoms with E-state index in [0.717, 1.165) is 44.3 Å². The van der Waals surface area contributed by atoms with E-state index in [1.807, 2.05) is 6.07 Å². The lowest BCUT2D eigenvalue weighted by molar-refractivity contribution is -0.140. The molecule has 0 spiro atoms. The van der Waals surface area contributed by atoms with Crippen molar-refractivity contribution in [2.75, 3.05) is 19.0 Å². The van der Waals surface area contributed by atoms with Crippen molar-refractivity contribution in [3.63, 3.8) is 0 Å². The van der Waals surface area contributed by atoms with Crippen LogP contribution in [0.2, 0.25) is 0 Å². The number of sulfonamides is 1. The minimum atomic E-state index is -3.54. The minimum Gasteiger partial charge on any atom is -0.463 e. The molecule has 0 aliphatic heterocycles. The predicted octanol–water partition coefficient (Wildman–Crippen LogP) is 2.89. The van der Waals surface area contributed by atoms with Crippen LogP contribution in [0.3, 0.4) is 0 Å². The molecular weight excluding hydrogens is 394 g/mol. The number of esters is 2. The van der Waals surface area contributed by atoms with E-state index in [-0.39, 0.29) is 24.9 Å². The molecule has 0 aromatic heterocycles. The number of benzene rings is 1. The summed E-state index contributed by atoms with van der Waals surface area (Å²) in [5.74, 6) is -1.15. The number of carbonyl (C=O) groups excluding carboxylic acids is 2. The summed E-state index contributed by atoms with van der Waals surface area (Å²) in [4.78, 5) is 23.2. The third kappa shape index (κ3) is 8.79. The Morgan fingerprint density at radius 1 is 1.07 bits per heavy atom. The van der Waals surface area contributed by atoms with Gasteiger partial charge in [0, 0.05) is 12.2 Å². The topological polar surface area (TPSA) is 98.8 Å². The molecule has 8 heteroatoms. The van der Waals surface area contributed by atoms with Crippen LogP contribution in [0.1, 0.15) is 50.6 Å². The number of ether oxygens (including phenoxy) is 2. The van der Waals surface area contributed by atoms with Gasteiger partial charge in [-0.15, -0.1) is 0 Å². The van der Waals surface area contributed by atoms with Crippen molar-refractivity contribution < 1.29 is 27.5 Å². The van der Waals surface area contributed by atoms with Crippen LogP contribution in [-0.4, -0.2) is 39.3 Å². The maximum atomic E-state index is 12.7. The van der Waals surface area contributed by atoms with Crippen LogP contribution in [0.25, 0.3) is 0 Å². The van der Waals surface area contributed by atoms with E-state index in [2.05, 4.69) is 4.72 Å². The Labute approximate surface area is 172 Å². The fourth-order valence-corrected chi connectivity index (χ4v) is 5.04. The van der Waals surface area contributed by atoms with Gasteiger partial charge >= 0.3 is 11.9 Å². The molecule has 1 N–H and O–H groups in total. The average Bonchev–Trinajstić information content (AvgIpc) is 2.71. The van der Waals surface area contributed by atoms with E-state index in [1.165, 1.54) is 0 Å². The largest absolute Gasteiger partial charge is 0.463 e. The van der Waals surface area contributed by atoms with Gasteiger partial charge in [-0.25, -0.2) is 22.7 Å². The van der Waals surface area contributed by atoms with Gasteiger partial charge in [0.2, 0.25) is 10.0 Å². The molecule has 0 radical (unpaired) electrons. The first-order chi connectivity index (χ1) is 13.9. The highest BCUT2D eigenvalue weighted by Crippen LogP contribution is 2.25. The highest BCUT2D eigenvalue weighted by Gasteiger charge is 2.25. The van der Waals surface area contributed by atoms with Crippen molar-refractivity contribution in [1.29, 1.82) is 0 Å². The van der Waals surface area contributed by atoms with Gasteiger partial charge in [0.25, 0.3) is 0 Å². The molecular formula is C21H29NO6S.